The molecule has 5 nitrogen and oxygen atoms in total. The predicted molar refractivity (Wildman–Crippen MR) is 94.3 cm³/mol. The Balaban J connectivity index is 2.68. The number of aliphatic imine (C=N–C) groups is 1. The van der Waals surface area contributed by atoms with E-state index in [-0.39, 0.29) is 0 Å². The number of likely N-dealkylation sites (tertiary alicyclic amines) is 1. The van der Waals surface area contributed by atoms with Crippen molar-refractivity contribution in [2.45, 2.75) is 72.1 Å². The molecule has 1 saturated heterocycles. The van der Waals surface area contributed by atoms with Gasteiger partial charge < -0.3 is 15.7 Å². The Hall–Kier alpha value is -0.810. The lowest BCUT2D eigenvalue weighted by atomic mass is 9.98. The molecule has 2 atom stereocenters. The molecule has 1 aliphatic heterocycles. The van der Waals surface area contributed by atoms with Crippen LogP contribution in [-0.4, -0.2) is 59.8 Å². The van der Waals surface area contributed by atoms with E-state index >= 15 is 0 Å². The van der Waals surface area contributed by atoms with Crippen molar-refractivity contribution in [1.29, 1.82) is 0 Å². The molecule has 1 fully saturated rings. The first-order chi connectivity index (χ1) is 10.3. The lowest BCUT2D eigenvalue weighted by Crippen LogP contribution is -2.47. The molecule has 1 aliphatic rings. The molecule has 3 N–H and O–H groups in total. The first-order valence-corrected chi connectivity index (χ1v) is 8.86. The molecule has 5 heteroatoms. The number of nitrogens with zero attached hydrogens (tertiary/aromatic N) is 2. The van der Waals surface area contributed by atoms with E-state index in [2.05, 4.69) is 48.2 Å². The summed E-state index contributed by atoms with van der Waals surface area (Å²) in [4.78, 5) is 7.12. The summed E-state index contributed by atoms with van der Waals surface area (Å²) in [5.74, 6) is 1.42. The molecule has 0 spiro atoms. The van der Waals surface area contributed by atoms with Gasteiger partial charge in [0.2, 0.25) is 0 Å². The molecule has 0 aromatic carbocycles. The van der Waals surface area contributed by atoms with Crippen LogP contribution in [0.15, 0.2) is 4.99 Å². The highest BCUT2D eigenvalue weighted by atomic mass is 16.3. The quantitative estimate of drug-likeness (QED) is 0.496. The van der Waals surface area contributed by atoms with Crippen molar-refractivity contribution < 1.29 is 5.11 Å². The molecule has 22 heavy (non-hydrogen) atoms. The average molecular weight is 313 g/mol. The fourth-order valence-electron chi connectivity index (χ4n) is 2.81. The highest BCUT2D eigenvalue weighted by Gasteiger charge is 2.31. The van der Waals surface area contributed by atoms with Gasteiger partial charge in [-0.1, -0.05) is 20.8 Å². The van der Waals surface area contributed by atoms with Crippen LogP contribution < -0.4 is 10.6 Å². The Morgan fingerprint density at radius 2 is 1.91 bits per heavy atom. The van der Waals surface area contributed by atoms with Crippen LogP contribution in [0.3, 0.4) is 0 Å². The SMILES string of the molecule is CCNC(=NCC(O)(CC)CC)NC1CN(C(C)C)CC1C. The Morgan fingerprint density at radius 1 is 1.27 bits per heavy atom. The summed E-state index contributed by atoms with van der Waals surface area (Å²) in [6.07, 6.45) is 1.46. The van der Waals surface area contributed by atoms with Crippen molar-refractivity contribution in [3.63, 3.8) is 0 Å². The van der Waals surface area contributed by atoms with Crippen LogP contribution in [0.25, 0.3) is 0 Å². The summed E-state index contributed by atoms with van der Waals surface area (Å²) in [7, 11) is 0. The van der Waals surface area contributed by atoms with E-state index in [1.165, 1.54) is 0 Å². The second-order valence-electron chi connectivity index (χ2n) is 6.90. The van der Waals surface area contributed by atoms with Crippen molar-refractivity contribution in [2.24, 2.45) is 10.9 Å². The Morgan fingerprint density at radius 3 is 2.36 bits per heavy atom. The molecule has 0 saturated carbocycles. The predicted octanol–water partition coefficient (Wildman–Crippen LogP) is 1.82. The fourth-order valence-corrected chi connectivity index (χ4v) is 2.81. The smallest absolute Gasteiger partial charge is 0.191 e. The number of nitrogens with one attached hydrogen (secondary N) is 2. The minimum Gasteiger partial charge on any atom is -0.388 e. The van der Waals surface area contributed by atoms with E-state index in [1.54, 1.807) is 0 Å². The third-order valence-corrected chi connectivity index (χ3v) is 4.88. The zero-order valence-electron chi connectivity index (χ0n) is 15.3. The summed E-state index contributed by atoms with van der Waals surface area (Å²) >= 11 is 0. The van der Waals surface area contributed by atoms with Gasteiger partial charge in [-0.2, -0.15) is 0 Å². The van der Waals surface area contributed by atoms with Crippen molar-refractivity contribution >= 4 is 5.96 Å². The lowest BCUT2D eigenvalue weighted by Gasteiger charge is -2.25. The highest BCUT2D eigenvalue weighted by molar-refractivity contribution is 5.80. The van der Waals surface area contributed by atoms with Crippen LogP contribution in [0.1, 0.15) is 54.4 Å². The largest absolute Gasteiger partial charge is 0.388 e. The fraction of sp³-hybridized carbons (Fsp3) is 0.941. The monoisotopic (exact) mass is 312 g/mol. The van der Waals surface area contributed by atoms with Gasteiger partial charge in [0.05, 0.1) is 12.1 Å². The number of rotatable bonds is 7. The molecule has 0 aliphatic carbocycles. The zero-order chi connectivity index (χ0) is 16.8. The highest BCUT2D eigenvalue weighted by Crippen LogP contribution is 2.19. The van der Waals surface area contributed by atoms with Crippen molar-refractivity contribution in [1.82, 2.24) is 15.5 Å². The first kappa shape index (κ1) is 19.2. The van der Waals surface area contributed by atoms with Crippen LogP contribution in [0.2, 0.25) is 0 Å². The second-order valence-corrected chi connectivity index (χ2v) is 6.90. The molecule has 130 valence electrons. The molecule has 0 bridgehead atoms. The van der Waals surface area contributed by atoms with Crippen LogP contribution in [0.5, 0.6) is 0 Å². The third kappa shape index (κ3) is 5.43. The molecule has 0 radical (unpaired) electrons. The number of hydrogen-bond acceptors (Lipinski definition) is 3. The van der Waals surface area contributed by atoms with Crippen molar-refractivity contribution in [3.05, 3.63) is 0 Å². The summed E-state index contributed by atoms with van der Waals surface area (Å²) in [6, 6.07) is 0.996. The van der Waals surface area contributed by atoms with E-state index in [1.807, 2.05) is 13.8 Å². The molecular formula is C17H36N4O. The maximum absolute atomic E-state index is 10.4. The number of aliphatic hydroxyl groups is 1. The summed E-state index contributed by atoms with van der Waals surface area (Å²) < 4.78 is 0. The maximum atomic E-state index is 10.4. The van der Waals surface area contributed by atoms with Crippen LogP contribution in [0.4, 0.5) is 0 Å². The molecule has 0 aromatic rings. The Bertz CT molecular complexity index is 353. The van der Waals surface area contributed by atoms with E-state index in [9.17, 15) is 5.11 Å². The van der Waals surface area contributed by atoms with E-state index in [4.69, 9.17) is 0 Å². The molecule has 0 aromatic heterocycles. The lowest BCUT2D eigenvalue weighted by molar-refractivity contribution is 0.0417. The van der Waals surface area contributed by atoms with Gasteiger partial charge in [-0.3, -0.25) is 9.89 Å². The molecular weight excluding hydrogens is 276 g/mol. The van der Waals surface area contributed by atoms with Gasteiger partial charge in [0.25, 0.3) is 0 Å². The molecule has 2 unspecified atom stereocenters. The van der Waals surface area contributed by atoms with Gasteiger partial charge in [-0.25, -0.2) is 0 Å². The maximum Gasteiger partial charge on any atom is 0.191 e. The van der Waals surface area contributed by atoms with Gasteiger partial charge in [0.1, 0.15) is 0 Å². The minimum absolute atomic E-state index is 0.413. The molecule has 1 heterocycles. The minimum atomic E-state index is -0.687. The van der Waals surface area contributed by atoms with Crippen molar-refractivity contribution in [3.8, 4) is 0 Å². The Labute approximate surface area is 136 Å². The topological polar surface area (TPSA) is 59.9 Å². The summed E-state index contributed by atoms with van der Waals surface area (Å²) in [6.45, 7) is 16.3. The van der Waals surface area contributed by atoms with Crippen LogP contribution in [0, 0.1) is 5.92 Å². The third-order valence-electron chi connectivity index (χ3n) is 4.88. The van der Waals surface area contributed by atoms with E-state index in [0.717, 1.165) is 38.4 Å². The van der Waals surface area contributed by atoms with Gasteiger partial charge in [-0.15, -0.1) is 0 Å². The van der Waals surface area contributed by atoms with Crippen molar-refractivity contribution in [2.75, 3.05) is 26.2 Å². The summed E-state index contributed by atoms with van der Waals surface area (Å²) in [5.41, 5.74) is -0.687. The van der Waals surface area contributed by atoms with E-state index in [0.29, 0.717) is 24.5 Å². The molecule has 0 amide bonds. The number of guanidine groups is 1. The van der Waals surface area contributed by atoms with Gasteiger partial charge >= 0.3 is 0 Å². The van der Waals surface area contributed by atoms with Crippen LogP contribution >= 0.6 is 0 Å². The van der Waals surface area contributed by atoms with Crippen LogP contribution in [-0.2, 0) is 0 Å². The summed E-state index contributed by atoms with van der Waals surface area (Å²) in [5, 5.41) is 17.3. The van der Waals surface area contributed by atoms with Gasteiger partial charge in [0, 0.05) is 31.7 Å². The average Bonchev–Trinajstić information content (AvgIpc) is 2.86. The zero-order valence-corrected chi connectivity index (χ0v) is 15.3. The number of hydrogen-bond donors (Lipinski definition) is 3. The standard InChI is InChI=1S/C17H36N4O/c1-7-17(22,8-2)12-19-16(18-9-3)20-15-11-21(13(4)5)10-14(15)6/h13-15,22H,7-12H2,1-6H3,(H2,18,19,20). The molecule has 1 rings (SSSR count). The first-order valence-electron chi connectivity index (χ1n) is 8.86. The Kier molecular flexibility index (Phi) is 7.63. The van der Waals surface area contributed by atoms with Gasteiger partial charge in [0.15, 0.2) is 5.96 Å². The van der Waals surface area contributed by atoms with E-state index < -0.39 is 5.60 Å². The normalized spacial score (nSPS) is 24.1. The van der Waals surface area contributed by atoms with Gasteiger partial charge in [-0.05, 0) is 39.5 Å². The second kappa shape index (κ2) is 8.73.